The molecule has 0 spiro atoms. The first kappa shape index (κ1) is 20.7. The van der Waals surface area contributed by atoms with Gasteiger partial charge in [0.15, 0.2) is 5.96 Å². The minimum absolute atomic E-state index is 0.136. The van der Waals surface area contributed by atoms with Gasteiger partial charge in [0.25, 0.3) is 0 Å². The van der Waals surface area contributed by atoms with Gasteiger partial charge in [-0.05, 0) is 39.1 Å². The number of hydrogen-bond acceptors (Lipinski definition) is 5. The van der Waals surface area contributed by atoms with E-state index in [2.05, 4.69) is 57.3 Å². The number of rotatable bonds is 5. The highest BCUT2D eigenvalue weighted by atomic mass is 16.5. The molecule has 28 heavy (non-hydrogen) atoms. The van der Waals surface area contributed by atoms with Crippen LogP contribution >= 0.6 is 0 Å². The van der Waals surface area contributed by atoms with Crippen molar-refractivity contribution in [3.8, 4) is 5.75 Å². The number of guanidine groups is 1. The fourth-order valence-corrected chi connectivity index (χ4v) is 4.09. The van der Waals surface area contributed by atoms with E-state index in [4.69, 9.17) is 9.47 Å². The van der Waals surface area contributed by atoms with Gasteiger partial charge < -0.3 is 29.5 Å². The molecule has 2 saturated heterocycles. The van der Waals surface area contributed by atoms with Gasteiger partial charge in [-0.2, -0.15) is 0 Å². The van der Waals surface area contributed by atoms with E-state index in [1.807, 2.05) is 13.1 Å². The Kier molecular flexibility index (Phi) is 7.02. The molecule has 1 aromatic rings. The van der Waals surface area contributed by atoms with Crippen LogP contribution in [0.5, 0.6) is 5.75 Å². The molecule has 0 aromatic heterocycles. The summed E-state index contributed by atoms with van der Waals surface area (Å²) in [4.78, 5) is 11.7. The minimum Gasteiger partial charge on any atom is -0.497 e. The van der Waals surface area contributed by atoms with E-state index in [0.29, 0.717) is 0 Å². The van der Waals surface area contributed by atoms with E-state index < -0.39 is 0 Å². The fourth-order valence-electron chi connectivity index (χ4n) is 4.09. The quantitative estimate of drug-likeness (QED) is 0.609. The molecule has 0 bridgehead atoms. The highest BCUT2D eigenvalue weighted by molar-refractivity contribution is 5.80. The summed E-state index contributed by atoms with van der Waals surface area (Å²) in [7, 11) is 7.93. The zero-order chi connectivity index (χ0) is 20.0. The third kappa shape index (κ3) is 4.70. The SMILES string of the molecule is CN=C(NCC1(N(C)C)CCOCC1)N1CCN(c2cccc(OC)c2)CC1. The Morgan fingerprint density at radius 2 is 1.93 bits per heavy atom. The first-order chi connectivity index (χ1) is 13.6. The summed E-state index contributed by atoms with van der Waals surface area (Å²) in [6, 6.07) is 8.30. The van der Waals surface area contributed by atoms with Crippen molar-refractivity contribution in [1.29, 1.82) is 0 Å². The van der Waals surface area contributed by atoms with Crippen molar-refractivity contribution in [3.05, 3.63) is 24.3 Å². The van der Waals surface area contributed by atoms with Crippen molar-refractivity contribution < 1.29 is 9.47 Å². The standard InChI is InChI=1S/C21H35N5O2/c1-22-20(23-17-21(24(2)3)8-14-28-15-9-21)26-12-10-25(11-13-26)18-6-5-7-19(16-18)27-4/h5-7,16H,8-15,17H2,1-4H3,(H,22,23). The summed E-state index contributed by atoms with van der Waals surface area (Å²) in [5.41, 5.74) is 1.35. The van der Waals surface area contributed by atoms with Gasteiger partial charge >= 0.3 is 0 Å². The number of aliphatic imine (C=N–C) groups is 1. The van der Waals surface area contributed by atoms with Crippen LogP contribution in [0.2, 0.25) is 0 Å². The average Bonchev–Trinajstić information content (AvgIpc) is 2.75. The van der Waals surface area contributed by atoms with E-state index in [1.165, 1.54) is 5.69 Å². The number of anilines is 1. The second-order valence-electron chi connectivity index (χ2n) is 7.81. The zero-order valence-electron chi connectivity index (χ0n) is 17.8. The van der Waals surface area contributed by atoms with Gasteiger partial charge in [0.05, 0.1) is 7.11 Å². The van der Waals surface area contributed by atoms with Crippen LogP contribution in [-0.4, -0.2) is 95.5 Å². The first-order valence-corrected chi connectivity index (χ1v) is 10.2. The maximum atomic E-state index is 5.59. The molecule has 2 fully saturated rings. The number of ether oxygens (including phenoxy) is 2. The smallest absolute Gasteiger partial charge is 0.193 e. The summed E-state index contributed by atoms with van der Waals surface area (Å²) in [5.74, 6) is 1.90. The normalized spacial score (nSPS) is 20.4. The molecular formula is C21H35N5O2. The number of methoxy groups -OCH3 is 1. The van der Waals surface area contributed by atoms with Crippen LogP contribution in [0.1, 0.15) is 12.8 Å². The Morgan fingerprint density at radius 3 is 2.54 bits per heavy atom. The predicted octanol–water partition coefficient (Wildman–Crippen LogP) is 1.50. The van der Waals surface area contributed by atoms with Crippen LogP contribution < -0.4 is 15.0 Å². The number of piperazine rings is 1. The fraction of sp³-hybridized carbons (Fsp3) is 0.667. The molecule has 2 aliphatic heterocycles. The van der Waals surface area contributed by atoms with Crippen molar-refractivity contribution in [3.63, 3.8) is 0 Å². The maximum Gasteiger partial charge on any atom is 0.193 e. The molecular weight excluding hydrogens is 354 g/mol. The molecule has 0 amide bonds. The molecule has 0 saturated carbocycles. The molecule has 1 aromatic carbocycles. The Hall–Kier alpha value is -1.99. The van der Waals surface area contributed by atoms with Crippen molar-refractivity contribution >= 4 is 11.6 Å². The van der Waals surface area contributed by atoms with Gasteiger partial charge in [0.2, 0.25) is 0 Å². The topological polar surface area (TPSA) is 52.6 Å². The first-order valence-electron chi connectivity index (χ1n) is 10.2. The van der Waals surface area contributed by atoms with Gasteiger partial charge in [0.1, 0.15) is 5.75 Å². The Labute approximate surface area is 169 Å². The lowest BCUT2D eigenvalue weighted by Crippen LogP contribution is -2.59. The van der Waals surface area contributed by atoms with Crippen molar-refractivity contribution in [2.45, 2.75) is 18.4 Å². The third-order valence-electron chi connectivity index (χ3n) is 6.16. The number of nitrogens with zero attached hydrogens (tertiary/aromatic N) is 4. The molecule has 7 nitrogen and oxygen atoms in total. The predicted molar refractivity (Wildman–Crippen MR) is 115 cm³/mol. The molecule has 0 atom stereocenters. The van der Waals surface area contributed by atoms with E-state index in [-0.39, 0.29) is 5.54 Å². The van der Waals surface area contributed by atoms with Crippen LogP contribution in [0.3, 0.4) is 0 Å². The second-order valence-corrected chi connectivity index (χ2v) is 7.81. The lowest BCUT2D eigenvalue weighted by Gasteiger charge is -2.44. The lowest BCUT2D eigenvalue weighted by molar-refractivity contribution is -0.00526. The molecule has 0 unspecified atom stereocenters. The van der Waals surface area contributed by atoms with Gasteiger partial charge in [-0.15, -0.1) is 0 Å². The summed E-state index contributed by atoms with van der Waals surface area (Å²) in [6.07, 6.45) is 2.10. The molecule has 2 aliphatic rings. The number of nitrogens with one attached hydrogen (secondary N) is 1. The summed E-state index contributed by atoms with van der Waals surface area (Å²) >= 11 is 0. The highest BCUT2D eigenvalue weighted by Gasteiger charge is 2.35. The third-order valence-corrected chi connectivity index (χ3v) is 6.16. The largest absolute Gasteiger partial charge is 0.497 e. The lowest BCUT2D eigenvalue weighted by atomic mass is 9.88. The van der Waals surface area contributed by atoms with Gasteiger partial charge in [-0.1, -0.05) is 6.07 Å². The van der Waals surface area contributed by atoms with Crippen molar-refractivity contribution in [2.75, 3.05) is 79.1 Å². The van der Waals surface area contributed by atoms with Gasteiger partial charge in [-0.25, -0.2) is 0 Å². The van der Waals surface area contributed by atoms with Crippen LogP contribution in [0.4, 0.5) is 5.69 Å². The molecule has 7 heteroatoms. The monoisotopic (exact) mass is 389 g/mol. The Morgan fingerprint density at radius 1 is 1.21 bits per heavy atom. The van der Waals surface area contributed by atoms with Gasteiger partial charge in [-0.3, -0.25) is 4.99 Å². The Bertz CT molecular complexity index is 650. The summed E-state index contributed by atoms with van der Waals surface area (Å²) < 4.78 is 10.9. The van der Waals surface area contributed by atoms with Crippen LogP contribution in [-0.2, 0) is 4.74 Å². The van der Waals surface area contributed by atoms with Gasteiger partial charge in [0, 0.05) is 70.3 Å². The average molecular weight is 390 g/mol. The van der Waals surface area contributed by atoms with E-state index >= 15 is 0 Å². The van der Waals surface area contributed by atoms with Crippen LogP contribution in [0, 0.1) is 0 Å². The zero-order valence-corrected chi connectivity index (χ0v) is 17.8. The number of benzene rings is 1. The number of likely N-dealkylation sites (N-methyl/N-ethyl adjacent to an activating group) is 1. The molecule has 2 heterocycles. The highest BCUT2D eigenvalue weighted by Crippen LogP contribution is 2.25. The van der Waals surface area contributed by atoms with Crippen molar-refractivity contribution in [1.82, 2.24) is 15.1 Å². The molecule has 156 valence electrons. The van der Waals surface area contributed by atoms with Crippen LogP contribution in [0.25, 0.3) is 0 Å². The maximum absolute atomic E-state index is 5.59. The van der Waals surface area contributed by atoms with E-state index in [0.717, 1.165) is 70.5 Å². The van der Waals surface area contributed by atoms with Crippen LogP contribution in [0.15, 0.2) is 29.3 Å². The number of hydrogen-bond donors (Lipinski definition) is 1. The Balaban J connectivity index is 1.56. The molecule has 0 aliphatic carbocycles. The second kappa shape index (κ2) is 9.47. The van der Waals surface area contributed by atoms with Crippen molar-refractivity contribution in [2.24, 2.45) is 4.99 Å². The molecule has 3 rings (SSSR count). The summed E-state index contributed by atoms with van der Waals surface area (Å²) in [5, 5.41) is 3.64. The summed E-state index contributed by atoms with van der Waals surface area (Å²) in [6.45, 7) is 6.41. The minimum atomic E-state index is 0.136. The molecule has 1 N–H and O–H groups in total. The van der Waals surface area contributed by atoms with E-state index in [1.54, 1.807) is 7.11 Å². The molecule has 0 radical (unpaired) electrons. The van der Waals surface area contributed by atoms with E-state index in [9.17, 15) is 0 Å².